The highest BCUT2D eigenvalue weighted by atomic mass is 16.4. The van der Waals surface area contributed by atoms with Crippen molar-refractivity contribution in [1.29, 1.82) is 0 Å². The third-order valence-corrected chi connectivity index (χ3v) is 12.6. The predicted molar refractivity (Wildman–Crippen MR) is 258 cm³/mol. The van der Waals surface area contributed by atoms with Crippen molar-refractivity contribution in [2.24, 2.45) is 0 Å². The molecule has 0 unspecified atom stereocenters. The van der Waals surface area contributed by atoms with Gasteiger partial charge in [0.25, 0.3) is 0 Å². The molecule has 0 bridgehead atoms. The smallest absolute Gasteiger partial charge is 0.335 e. The van der Waals surface area contributed by atoms with E-state index in [1.165, 1.54) is 0 Å². The molecule has 0 spiro atoms. The minimum Gasteiger partial charge on any atom is -0.478 e. The van der Waals surface area contributed by atoms with Crippen LogP contribution in [0.2, 0.25) is 0 Å². The molecule has 8 rings (SSSR count). The van der Waals surface area contributed by atoms with Crippen LogP contribution in [0, 0.1) is 27.7 Å². The number of aromatic carboxylic acids is 4. The Morgan fingerprint density at radius 1 is 0.273 bits per heavy atom. The van der Waals surface area contributed by atoms with Crippen LogP contribution in [0.5, 0.6) is 0 Å². The minimum absolute atomic E-state index is 0.244. The Balaban J connectivity index is 1.27. The van der Waals surface area contributed by atoms with Gasteiger partial charge in [-0.3, -0.25) is 0 Å². The number of hydrogen-bond donors (Lipinski definition) is 4. The average Bonchev–Trinajstić information content (AvgIpc) is 3.30. The highest BCUT2D eigenvalue weighted by Gasteiger charge is 2.29. The maximum Gasteiger partial charge on any atom is 0.335 e. The average molecular weight is 871 g/mol. The van der Waals surface area contributed by atoms with E-state index in [-0.39, 0.29) is 34.1 Å². The van der Waals surface area contributed by atoms with Gasteiger partial charge in [0.2, 0.25) is 0 Å². The van der Waals surface area contributed by atoms with Gasteiger partial charge >= 0.3 is 23.9 Å². The van der Waals surface area contributed by atoms with Crippen LogP contribution >= 0.6 is 0 Å². The largest absolute Gasteiger partial charge is 0.478 e. The Kier molecular flexibility index (Phi) is 12.3. The summed E-state index contributed by atoms with van der Waals surface area (Å²) in [5, 5.41) is 38.6. The van der Waals surface area contributed by atoms with Crippen LogP contribution in [-0.4, -0.2) is 44.3 Å². The summed E-state index contributed by atoms with van der Waals surface area (Å²) in [6.07, 6.45) is 0. The molecule has 0 heterocycles. The zero-order valence-electron chi connectivity index (χ0n) is 36.7. The number of aryl methyl sites for hydroxylation is 4. The van der Waals surface area contributed by atoms with Crippen LogP contribution in [-0.2, 0) is 0 Å². The van der Waals surface area contributed by atoms with Crippen molar-refractivity contribution in [2.75, 3.05) is 0 Å². The molecule has 0 atom stereocenters. The van der Waals surface area contributed by atoms with Crippen LogP contribution in [0.15, 0.2) is 170 Å². The van der Waals surface area contributed by atoms with Gasteiger partial charge in [-0.05, 0) is 141 Å². The van der Waals surface area contributed by atoms with Gasteiger partial charge in [0, 0.05) is 11.8 Å². The van der Waals surface area contributed by atoms with Gasteiger partial charge in [-0.25, -0.2) is 19.2 Å². The Morgan fingerprint density at radius 3 is 0.591 bits per heavy atom. The van der Waals surface area contributed by atoms with E-state index < -0.39 is 23.9 Å². The molecule has 66 heavy (non-hydrogen) atoms. The minimum atomic E-state index is -0.972. The molecule has 0 fully saturated rings. The van der Waals surface area contributed by atoms with E-state index in [1.54, 1.807) is 52.0 Å². The van der Waals surface area contributed by atoms with Crippen molar-refractivity contribution in [3.8, 4) is 44.5 Å². The summed E-state index contributed by atoms with van der Waals surface area (Å²) in [6.45, 7) is 7.18. The van der Waals surface area contributed by atoms with Crippen molar-refractivity contribution in [2.45, 2.75) is 39.5 Å². The molecule has 0 aliphatic carbocycles. The molecule has 326 valence electrons. The molecule has 8 heteroatoms. The van der Waals surface area contributed by atoms with E-state index in [0.29, 0.717) is 22.3 Å². The van der Waals surface area contributed by atoms with E-state index in [4.69, 9.17) is 0 Å². The Hall–Kier alpha value is -8.36. The first-order valence-electron chi connectivity index (χ1n) is 21.4. The quantitative estimate of drug-likeness (QED) is 0.0895. The molecule has 8 aromatic carbocycles. The van der Waals surface area contributed by atoms with Crippen molar-refractivity contribution in [1.82, 2.24) is 0 Å². The van der Waals surface area contributed by atoms with Crippen molar-refractivity contribution >= 4 is 23.9 Å². The number of rotatable bonds is 13. The van der Waals surface area contributed by atoms with E-state index in [0.717, 1.165) is 66.8 Å². The summed E-state index contributed by atoms with van der Waals surface area (Å²) in [4.78, 5) is 47.2. The lowest BCUT2D eigenvalue weighted by Gasteiger charge is -2.30. The number of carboxylic acid groups (broad SMARTS) is 4. The van der Waals surface area contributed by atoms with Crippen LogP contribution in [0.1, 0.15) is 97.8 Å². The molecule has 0 saturated heterocycles. The molecule has 0 saturated carbocycles. The van der Waals surface area contributed by atoms with Crippen LogP contribution in [0.25, 0.3) is 44.5 Å². The highest BCUT2D eigenvalue weighted by molar-refractivity contribution is 5.92. The monoisotopic (exact) mass is 870 g/mol. The molecule has 0 aliphatic rings. The van der Waals surface area contributed by atoms with Gasteiger partial charge in [0.1, 0.15) is 0 Å². The third kappa shape index (κ3) is 9.03. The summed E-state index contributed by atoms with van der Waals surface area (Å²) in [5.74, 6) is -4.38. The second kappa shape index (κ2) is 18.4. The summed E-state index contributed by atoms with van der Waals surface area (Å²) in [6, 6.07) is 54.9. The molecule has 0 aliphatic heterocycles. The van der Waals surface area contributed by atoms with E-state index in [1.807, 2.05) is 48.5 Å². The standard InChI is InChI=1S/C58H46O8/c1-33-29-45(21-25-49(33)55(59)60)37-5-13-41(14-6-37)53(42-15-7-38(8-16-42)46-22-26-50(56(61)62)34(2)30-46)54(43-17-9-39(10-18-43)47-23-27-51(57(63)64)35(3)31-47)44-19-11-40(12-20-44)48-24-28-52(58(65)66)36(4)32-48/h5-32,53-54H,1-4H3,(H,59,60)(H,61,62)(H,63,64)(H,65,66). The van der Waals surface area contributed by atoms with E-state index in [2.05, 4.69) is 97.1 Å². The first-order valence-corrected chi connectivity index (χ1v) is 21.4. The van der Waals surface area contributed by atoms with Gasteiger partial charge in [-0.1, -0.05) is 146 Å². The lowest BCUT2D eigenvalue weighted by molar-refractivity contribution is 0.0685. The van der Waals surface area contributed by atoms with Gasteiger partial charge < -0.3 is 20.4 Å². The van der Waals surface area contributed by atoms with Crippen molar-refractivity contribution in [3.63, 3.8) is 0 Å². The molecule has 0 radical (unpaired) electrons. The second-order valence-electron chi connectivity index (χ2n) is 16.8. The molecule has 8 nitrogen and oxygen atoms in total. The van der Waals surface area contributed by atoms with Gasteiger partial charge in [-0.15, -0.1) is 0 Å². The number of hydrogen-bond acceptors (Lipinski definition) is 4. The van der Waals surface area contributed by atoms with Crippen LogP contribution < -0.4 is 0 Å². The summed E-state index contributed by atoms with van der Waals surface area (Å²) in [7, 11) is 0. The van der Waals surface area contributed by atoms with Gasteiger partial charge in [0.05, 0.1) is 22.3 Å². The third-order valence-electron chi connectivity index (χ3n) is 12.6. The Bertz CT molecular complexity index is 2730. The highest BCUT2D eigenvalue weighted by Crippen LogP contribution is 2.45. The van der Waals surface area contributed by atoms with E-state index >= 15 is 0 Å². The Labute approximate surface area is 382 Å². The topological polar surface area (TPSA) is 149 Å². The first-order chi connectivity index (χ1) is 31.7. The summed E-state index contributed by atoms with van der Waals surface area (Å²) < 4.78 is 0. The molecule has 0 amide bonds. The van der Waals surface area contributed by atoms with Crippen molar-refractivity contribution in [3.05, 3.63) is 237 Å². The molecule has 0 aromatic heterocycles. The van der Waals surface area contributed by atoms with Gasteiger partial charge in [0.15, 0.2) is 0 Å². The lowest BCUT2D eigenvalue weighted by Crippen LogP contribution is -2.15. The zero-order valence-corrected chi connectivity index (χ0v) is 36.7. The van der Waals surface area contributed by atoms with Crippen LogP contribution in [0.4, 0.5) is 0 Å². The Morgan fingerprint density at radius 2 is 0.439 bits per heavy atom. The first kappa shape index (κ1) is 44.3. The molecular weight excluding hydrogens is 825 g/mol. The fourth-order valence-electron chi connectivity index (χ4n) is 9.02. The van der Waals surface area contributed by atoms with Crippen LogP contribution in [0.3, 0.4) is 0 Å². The summed E-state index contributed by atoms with van der Waals surface area (Å²) >= 11 is 0. The lowest BCUT2D eigenvalue weighted by atomic mass is 9.73. The maximum absolute atomic E-state index is 11.8. The van der Waals surface area contributed by atoms with Crippen molar-refractivity contribution < 1.29 is 39.6 Å². The maximum atomic E-state index is 11.8. The summed E-state index contributed by atoms with van der Waals surface area (Å²) in [5.41, 5.74) is 15.2. The van der Waals surface area contributed by atoms with E-state index in [9.17, 15) is 39.6 Å². The number of carbonyl (C=O) groups is 4. The number of benzene rings is 8. The fraction of sp³-hybridized carbons (Fsp3) is 0.103. The predicted octanol–water partition coefficient (Wildman–Crippen LogP) is 13.3. The molecule has 4 N–H and O–H groups in total. The zero-order chi connectivity index (χ0) is 46.8. The number of carboxylic acids is 4. The van der Waals surface area contributed by atoms with Gasteiger partial charge in [-0.2, -0.15) is 0 Å². The molecule has 8 aromatic rings. The fourth-order valence-corrected chi connectivity index (χ4v) is 9.02. The molecular formula is C58H46O8. The second-order valence-corrected chi connectivity index (χ2v) is 16.8. The normalized spacial score (nSPS) is 11.2. The SMILES string of the molecule is Cc1cc(-c2ccc(C(c3ccc(-c4ccc(C(=O)O)c(C)c4)cc3)C(c3ccc(-c4ccc(C(=O)O)c(C)c4)cc3)c3ccc(-c4ccc(C(=O)O)c(C)c4)cc3)cc2)ccc1C(=O)O.